The van der Waals surface area contributed by atoms with Crippen LogP contribution in [-0.4, -0.2) is 33.6 Å². The van der Waals surface area contributed by atoms with Crippen molar-refractivity contribution in [3.63, 3.8) is 0 Å². The maximum absolute atomic E-state index is 11.4. The molecule has 1 aromatic carbocycles. The summed E-state index contributed by atoms with van der Waals surface area (Å²) in [5.41, 5.74) is 1.31. The van der Waals surface area contributed by atoms with Crippen LogP contribution in [0, 0.1) is 0 Å². The van der Waals surface area contributed by atoms with Gasteiger partial charge in [0.05, 0.1) is 18.8 Å². The molecule has 0 unspecified atom stereocenters. The number of amides is 1. The lowest BCUT2D eigenvalue weighted by Crippen LogP contribution is -2.25. The molecule has 2 aromatic rings. The van der Waals surface area contributed by atoms with E-state index in [2.05, 4.69) is 17.0 Å². The Morgan fingerprint density at radius 3 is 2.74 bits per heavy atom. The van der Waals surface area contributed by atoms with Gasteiger partial charge in [0.25, 0.3) is 0 Å². The van der Waals surface area contributed by atoms with E-state index in [0.29, 0.717) is 6.54 Å². The molecule has 0 saturated heterocycles. The highest BCUT2D eigenvalue weighted by atomic mass is 16.5. The molecule has 0 aliphatic rings. The fraction of sp³-hybridized carbons (Fsp3) is 0.188. The molecule has 0 saturated carbocycles. The first-order valence-electron chi connectivity index (χ1n) is 6.95. The number of aromatic carboxylic acids is 1. The first-order valence-corrected chi connectivity index (χ1v) is 6.95. The molecule has 0 spiro atoms. The minimum Gasteiger partial charge on any atom is -0.478 e. The number of alkyl carbamates (subject to hydrolysis) is 1. The molecular formula is C16H17N3O4. The van der Waals surface area contributed by atoms with Crippen LogP contribution in [0.5, 0.6) is 0 Å². The van der Waals surface area contributed by atoms with E-state index in [0.717, 1.165) is 5.56 Å². The SMILES string of the molecule is C=CCOC(=O)NCc1nn(Cc2ccccc2)cc1C(=O)O. The van der Waals surface area contributed by atoms with E-state index in [4.69, 9.17) is 4.74 Å². The van der Waals surface area contributed by atoms with Crippen molar-refractivity contribution in [2.75, 3.05) is 6.61 Å². The van der Waals surface area contributed by atoms with Crippen molar-refractivity contribution in [1.82, 2.24) is 15.1 Å². The molecule has 7 nitrogen and oxygen atoms in total. The fourth-order valence-corrected chi connectivity index (χ4v) is 1.96. The standard InChI is InChI=1S/C16H17N3O4/c1-2-8-23-16(22)17-9-14-13(15(20)21)11-19(18-14)10-12-6-4-3-5-7-12/h2-7,11H,1,8-10H2,(H,17,22)(H,20,21). The van der Waals surface area contributed by atoms with E-state index in [9.17, 15) is 14.7 Å². The lowest BCUT2D eigenvalue weighted by molar-refractivity contribution is 0.0695. The first-order chi connectivity index (χ1) is 11.1. The van der Waals surface area contributed by atoms with Crippen molar-refractivity contribution in [1.29, 1.82) is 0 Å². The number of carboxylic acids is 1. The van der Waals surface area contributed by atoms with E-state index in [1.54, 1.807) is 0 Å². The third-order valence-electron chi connectivity index (χ3n) is 2.99. The van der Waals surface area contributed by atoms with Gasteiger partial charge in [-0.2, -0.15) is 5.10 Å². The van der Waals surface area contributed by atoms with E-state index in [1.807, 2.05) is 30.3 Å². The van der Waals surface area contributed by atoms with Gasteiger partial charge in [-0.05, 0) is 5.56 Å². The van der Waals surface area contributed by atoms with Crippen LogP contribution < -0.4 is 5.32 Å². The fourth-order valence-electron chi connectivity index (χ4n) is 1.96. The number of carbonyl (C=O) groups is 2. The van der Waals surface area contributed by atoms with Gasteiger partial charge in [0, 0.05) is 6.20 Å². The van der Waals surface area contributed by atoms with Gasteiger partial charge in [-0.1, -0.05) is 43.0 Å². The predicted molar refractivity (Wildman–Crippen MR) is 83.1 cm³/mol. The summed E-state index contributed by atoms with van der Waals surface area (Å²) in [5.74, 6) is -1.10. The summed E-state index contributed by atoms with van der Waals surface area (Å²) in [6.07, 6.45) is 2.23. The number of ether oxygens (including phenoxy) is 1. The Morgan fingerprint density at radius 2 is 2.09 bits per heavy atom. The summed E-state index contributed by atoms with van der Waals surface area (Å²) in [6, 6.07) is 9.54. The quantitative estimate of drug-likeness (QED) is 0.763. The van der Waals surface area contributed by atoms with Gasteiger partial charge < -0.3 is 15.2 Å². The molecule has 23 heavy (non-hydrogen) atoms. The molecule has 0 aliphatic carbocycles. The molecule has 2 N–H and O–H groups in total. The largest absolute Gasteiger partial charge is 0.478 e. The number of hydrogen-bond donors (Lipinski definition) is 2. The first kappa shape index (κ1) is 16.3. The Labute approximate surface area is 133 Å². The lowest BCUT2D eigenvalue weighted by Gasteiger charge is -2.04. The van der Waals surface area contributed by atoms with Crippen molar-refractivity contribution in [3.05, 3.63) is 66.0 Å². The molecule has 1 amide bonds. The van der Waals surface area contributed by atoms with E-state index in [1.165, 1.54) is 17.0 Å². The summed E-state index contributed by atoms with van der Waals surface area (Å²) in [7, 11) is 0. The van der Waals surface area contributed by atoms with E-state index >= 15 is 0 Å². The van der Waals surface area contributed by atoms with Crippen LogP contribution in [0.1, 0.15) is 21.6 Å². The van der Waals surface area contributed by atoms with Gasteiger partial charge in [0.2, 0.25) is 0 Å². The molecule has 1 aromatic heterocycles. The monoisotopic (exact) mass is 315 g/mol. The van der Waals surface area contributed by atoms with Crippen LogP contribution in [0.2, 0.25) is 0 Å². The number of aromatic nitrogens is 2. The second-order valence-electron chi connectivity index (χ2n) is 4.72. The van der Waals surface area contributed by atoms with Gasteiger partial charge >= 0.3 is 12.1 Å². The van der Waals surface area contributed by atoms with Gasteiger partial charge in [0.1, 0.15) is 12.2 Å². The summed E-state index contributed by atoms with van der Waals surface area (Å²) >= 11 is 0. The number of nitrogens with one attached hydrogen (secondary N) is 1. The van der Waals surface area contributed by atoms with Crippen molar-refractivity contribution >= 4 is 12.1 Å². The van der Waals surface area contributed by atoms with Crippen LogP contribution in [0.4, 0.5) is 4.79 Å². The predicted octanol–water partition coefficient (Wildman–Crippen LogP) is 2.04. The number of nitrogens with zero attached hydrogens (tertiary/aromatic N) is 2. The number of rotatable bonds is 7. The smallest absolute Gasteiger partial charge is 0.407 e. The van der Waals surface area contributed by atoms with Gasteiger partial charge in [0.15, 0.2) is 0 Å². The van der Waals surface area contributed by atoms with Crippen molar-refractivity contribution in [2.45, 2.75) is 13.1 Å². The zero-order chi connectivity index (χ0) is 16.7. The highest BCUT2D eigenvalue weighted by Gasteiger charge is 2.16. The molecule has 1 heterocycles. The minimum absolute atomic E-state index is 0.0284. The zero-order valence-electron chi connectivity index (χ0n) is 12.4. The number of carbonyl (C=O) groups excluding carboxylic acids is 1. The molecule has 2 rings (SSSR count). The molecule has 0 fully saturated rings. The van der Waals surface area contributed by atoms with Gasteiger partial charge in [-0.3, -0.25) is 4.68 Å². The molecule has 7 heteroatoms. The molecule has 120 valence electrons. The Kier molecular flexibility index (Phi) is 5.51. The Hall–Kier alpha value is -3.09. The van der Waals surface area contributed by atoms with Crippen LogP contribution >= 0.6 is 0 Å². The van der Waals surface area contributed by atoms with Crippen molar-refractivity contribution in [2.24, 2.45) is 0 Å². The summed E-state index contributed by atoms with van der Waals surface area (Å²) in [6.45, 7) is 3.93. The zero-order valence-corrected chi connectivity index (χ0v) is 12.4. The Bertz CT molecular complexity index is 695. The highest BCUT2D eigenvalue weighted by molar-refractivity contribution is 5.88. The third kappa shape index (κ3) is 4.70. The average molecular weight is 315 g/mol. The lowest BCUT2D eigenvalue weighted by atomic mass is 10.2. The molecule has 0 bridgehead atoms. The summed E-state index contributed by atoms with van der Waals surface area (Å²) in [5, 5.41) is 15.9. The highest BCUT2D eigenvalue weighted by Crippen LogP contribution is 2.10. The Balaban J connectivity index is 2.07. The summed E-state index contributed by atoms with van der Waals surface area (Å²) < 4.78 is 6.30. The van der Waals surface area contributed by atoms with Gasteiger partial charge in [-0.15, -0.1) is 0 Å². The van der Waals surface area contributed by atoms with E-state index < -0.39 is 12.1 Å². The molecular weight excluding hydrogens is 298 g/mol. The maximum Gasteiger partial charge on any atom is 0.407 e. The number of hydrogen-bond acceptors (Lipinski definition) is 4. The second-order valence-corrected chi connectivity index (χ2v) is 4.72. The van der Waals surface area contributed by atoms with Crippen LogP contribution in [0.3, 0.4) is 0 Å². The molecule has 0 radical (unpaired) electrons. The minimum atomic E-state index is -1.10. The summed E-state index contributed by atoms with van der Waals surface area (Å²) in [4.78, 5) is 22.7. The van der Waals surface area contributed by atoms with Crippen LogP contribution in [-0.2, 0) is 17.8 Å². The molecule has 0 aliphatic heterocycles. The number of carboxylic acid groups (broad SMARTS) is 1. The van der Waals surface area contributed by atoms with E-state index in [-0.39, 0.29) is 24.4 Å². The van der Waals surface area contributed by atoms with Gasteiger partial charge in [-0.25, -0.2) is 9.59 Å². The van der Waals surface area contributed by atoms with Crippen LogP contribution in [0.15, 0.2) is 49.2 Å². The normalized spacial score (nSPS) is 10.1. The average Bonchev–Trinajstić information content (AvgIpc) is 2.95. The van der Waals surface area contributed by atoms with Crippen molar-refractivity contribution in [3.8, 4) is 0 Å². The number of benzene rings is 1. The third-order valence-corrected chi connectivity index (χ3v) is 2.99. The van der Waals surface area contributed by atoms with Crippen LogP contribution in [0.25, 0.3) is 0 Å². The van der Waals surface area contributed by atoms with Crippen molar-refractivity contribution < 1.29 is 19.4 Å². The maximum atomic E-state index is 11.4. The Morgan fingerprint density at radius 1 is 1.35 bits per heavy atom. The second kappa shape index (κ2) is 7.79. The molecule has 0 atom stereocenters. The topological polar surface area (TPSA) is 93.5 Å².